The van der Waals surface area contributed by atoms with E-state index in [4.69, 9.17) is 4.74 Å². The van der Waals surface area contributed by atoms with Crippen LogP contribution in [-0.2, 0) is 0 Å². The van der Waals surface area contributed by atoms with Gasteiger partial charge in [-0.15, -0.1) is 0 Å². The number of nitro groups is 2. The lowest BCUT2D eigenvalue weighted by atomic mass is 9.98. The fraction of sp³-hybridized carbons (Fsp3) is 0.143. The van der Waals surface area contributed by atoms with E-state index in [0.717, 1.165) is 33.4 Å². The van der Waals surface area contributed by atoms with Crippen molar-refractivity contribution in [2.45, 2.75) is 27.7 Å². The van der Waals surface area contributed by atoms with E-state index in [2.05, 4.69) is 0 Å². The Morgan fingerprint density at radius 2 is 0.886 bits per heavy atom. The molecule has 0 spiro atoms. The molecule has 0 amide bonds. The van der Waals surface area contributed by atoms with Gasteiger partial charge in [-0.3, -0.25) is 20.2 Å². The summed E-state index contributed by atoms with van der Waals surface area (Å²) in [6, 6.07) is 20.7. The van der Waals surface area contributed by atoms with Gasteiger partial charge in [0.15, 0.2) is 0 Å². The monoisotopic (exact) mass is 468 g/mol. The molecule has 4 rings (SSSR count). The Morgan fingerprint density at radius 1 is 0.543 bits per heavy atom. The summed E-state index contributed by atoms with van der Waals surface area (Å²) in [6.07, 6.45) is 0. The van der Waals surface area contributed by atoms with E-state index in [0.29, 0.717) is 22.6 Å². The molecule has 0 atom stereocenters. The van der Waals surface area contributed by atoms with Crippen LogP contribution >= 0.6 is 0 Å². The van der Waals surface area contributed by atoms with Crippen LogP contribution in [0.25, 0.3) is 22.3 Å². The van der Waals surface area contributed by atoms with Crippen molar-refractivity contribution in [3.05, 3.63) is 115 Å². The molecular formula is C28H24N2O5. The van der Waals surface area contributed by atoms with Gasteiger partial charge in [0.1, 0.15) is 11.5 Å². The number of nitrogens with zero attached hydrogens (tertiary/aromatic N) is 2. The summed E-state index contributed by atoms with van der Waals surface area (Å²) in [6.45, 7) is 7.84. The quantitative estimate of drug-likeness (QED) is 0.212. The molecule has 4 aromatic carbocycles. The molecule has 0 unspecified atom stereocenters. The molecule has 4 aromatic rings. The highest BCUT2D eigenvalue weighted by molar-refractivity contribution is 5.78. The van der Waals surface area contributed by atoms with Crippen molar-refractivity contribution < 1.29 is 14.6 Å². The molecule has 0 heterocycles. The van der Waals surface area contributed by atoms with E-state index < -0.39 is 9.85 Å². The molecule has 0 aromatic heterocycles. The summed E-state index contributed by atoms with van der Waals surface area (Å²) in [5.41, 5.74) is 6.67. The zero-order valence-corrected chi connectivity index (χ0v) is 19.9. The van der Waals surface area contributed by atoms with Crippen molar-refractivity contribution in [2.24, 2.45) is 0 Å². The highest BCUT2D eigenvalue weighted by Gasteiger charge is 2.19. The maximum atomic E-state index is 11.5. The van der Waals surface area contributed by atoms with Crippen molar-refractivity contribution in [1.29, 1.82) is 0 Å². The third kappa shape index (κ3) is 5.19. The molecule has 0 radical (unpaired) electrons. The zero-order valence-electron chi connectivity index (χ0n) is 19.9. The van der Waals surface area contributed by atoms with E-state index in [9.17, 15) is 20.2 Å². The van der Waals surface area contributed by atoms with Crippen molar-refractivity contribution in [3.63, 3.8) is 0 Å². The van der Waals surface area contributed by atoms with Crippen molar-refractivity contribution >= 4 is 11.4 Å². The lowest BCUT2D eigenvalue weighted by Gasteiger charge is -2.16. The second-order valence-electron chi connectivity index (χ2n) is 8.73. The van der Waals surface area contributed by atoms with Crippen LogP contribution in [0, 0.1) is 47.9 Å². The lowest BCUT2D eigenvalue weighted by molar-refractivity contribution is -0.385. The second kappa shape index (κ2) is 9.38. The summed E-state index contributed by atoms with van der Waals surface area (Å²) < 4.78 is 6.33. The molecule has 7 heteroatoms. The number of benzene rings is 4. The summed E-state index contributed by atoms with van der Waals surface area (Å²) in [4.78, 5) is 22.1. The average molecular weight is 469 g/mol. The van der Waals surface area contributed by atoms with E-state index in [1.165, 1.54) is 24.3 Å². The maximum absolute atomic E-state index is 11.5. The van der Waals surface area contributed by atoms with Crippen molar-refractivity contribution in [3.8, 4) is 33.8 Å². The van der Waals surface area contributed by atoms with Gasteiger partial charge < -0.3 is 4.74 Å². The SMILES string of the molecule is Cc1cc(C)cc(-c2cc([N+](=O)[O-])ccc2Oc2ccc([N+](=O)[O-])cc2-c2cc(C)cc(C)c2)c1. The Bertz CT molecular complexity index is 1330. The predicted molar refractivity (Wildman–Crippen MR) is 136 cm³/mol. The summed E-state index contributed by atoms with van der Waals surface area (Å²) >= 11 is 0. The predicted octanol–water partition coefficient (Wildman–Crippen LogP) is 7.86. The minimum absolute atomic E-state index is 0.0512. The molecule has 7 nitrogen and oxygen atoms in total. The summed E-state index contributed by atoms with van der Waals surface area (Å²) in [5, 5.41) is 23.0. The second-order valence-corrected chi connectivity index (χ2v) is 8.73. The third-order valence-electron chi connectivity index (χ3n) is 5.63. The van der Waals surface area contributed by atoms with Crippen LogP contribution in [0.1, 0.15) is 22.3 Å². The Morgan fingerprint density at radius 3 is 1.20 bits per heavy atom. The van der Waals surface area contributed by atoms with E-state index >= 15 is 0 Å². The van der Waals surface area contributed by atoms with Crippen LogP contribution in [0.3, 0.4) is 0 Å². The first-order valence-electron chi connectivity index (χ1n) is 11.0. The van der Waals surface area contributed by atoms with Gasteiger partial charge in [-0.05, 0) is 51.0 Å². The van der Waals surface area contributed by atoms with Gasteiger partial charge in [0, 0.05) is 35.4 Å². The number of hydrogen-bond donors (Lipinski definition) is 0. The Hall–Kier alpha value is -4.52. The van der Waals surface area contributed by atoms with Gasteiger partial charge in [-0.2, -0.15) is 0 Å². The fourth-order valence-corrected chi connectivity index (χ4v) is 4.27. The topological polar surface area (TPSA) is 95.5 Å². The smallest absolute Gasteiger partial charge is 0.270 e. The first-order chi connectivity index (χ1) is 16.6. The number of hydrogen-bond acceptors (Lipinski definition) is 5. The van der Waals surface area contributed by atoms with Crippen LogP contribution in [0.5, 0.6) is 11.5 Å². The van der Waals surface area contributed by atoms with E-state index in [1.807, 2.05) is 64.1 Å². The van der Waals surface area contributed by atoms with Gasteiger partial charge >= 0.3 is 0 Å². The first-order valence-corrected chi connectivity index (χ1v) is 11.0. The molecule has 35 heavy (non-hydrogen) atoms. The standard InChI is InChI=1S/C28H24N2O5/c1-17-9-18(2)12-21(11-17)25-15-23(29(31)32)5-7-27(25)35-28-8-6-24(30(33)34)16-26(28)22-13-19(3)10-20(4)14-22/h5-16H,1-4H3. The van der Waals surface area contributed by atoms with Gasteiger partial charge in [0.05, 0.1) is 9.85 Å². The molecule has 0 aliphatic carbocycles. The van der Waals surface area contributed by atoms with Crippen LogP contribution in [-0.4, -0.2) is 9.85 Å². The van der Waals surface area contributed by atoms with Crippen LogP contribution in [0.4, 0.5) is 11.4 Å². The highest BCUT2D eigenvalue weighted by Crippen LogP contribution is 2.41. The van der Waals surface area contributed by atoms with Crippen LogP contribution in [0.2, 0.25) is 0 Å². The summed E-state index contributed by atoms with van der Waals surface area (Å²) in [5.74, 6) is 0.833. The Labute approximate surface area is 202 Å². The van der Waals surface area contributed by atoms with Gasteiger partial charge in [0.2, 0.25) is 0 Å². The molecule has 0 bridgehead atoms. The molecule has 0 N–H and O–H groups in total. The molecule has 0 aliphatic rings. The Kier molecular flexibility index (Phi) is 6.34. The number of aryl methyl sites for hydroxylation is 4. The average Bonchev–Trinajstić information content (AvgIpc) is 2.78. The first kappa shape index (κ1) is 23.6. The van der Waals surface area contributed by atoms with Gasteiger partial charge in [0.25, 0.3) is 11.4 Å². The van der Waals surface area contributed by atoms with Crippen LogP contribution < -0.4 is 4.74 Å². The molecule has 0 fully saturated rings. The Balaban J connectivity index is 1.90. The summed E-state index contributed by atoms with van der Waals surface area (Å²) in [7, 11) is 0. The maximum Gasteiger partial charge on any atom is 0.270 e. The number of non-ortho nitro benzene ring substituents is 2. The minimum atomic E-state index is -0.442. The fourth-order valence-electron chi connectivity index (χ4n) is 4.27. The third-order valence-corrected chi connectivity index (χ3v) is 5.63. The van der Waals surface area contributed by atoms with Crippen molar-refractivity contribution in [2.75, 3.05) is 0 Å². The van der Waals surface area contributed by atoms with E-state index in [1.54, 1.807) is 12.1 Å². The largest absolute Gasteiger partial charge is 0.456 e. The minimum Gasteiger partial charge on any atom is -0.456 e. The molecule has 0 saturated carbocycles. The molecule has 0 aliphatic heterocycles. The highest BCUT2D eigenvalue weighted by atomic mass is 16.6. The number of rotatable bonds is 6. The van der Waals surface area contributed by atoms with E-state index in [-0.39, 0.29) is 11.4 Å². The van der Waals surface area contributed by atoms with Crippen molar-refractivity contribution in [1.82, 2.24) is 0 Å². The number of nitro benzene ring substituents is 2. The molecule has 0 saturated heterocycles. The lowest BCUT2D eigenvalue weighted by Crippen LogP contribution is -1.96. The van der Waals surface area contributed by atoms with Crippen LogP contribution in [0.15, 0.2) is 72.8 Å². The zero-order chi connectivity index (χ0) is 25.3. The number of ether oxygens (including phenoxy) is 1. The normalized spacial score (nSPS) is 10.7. The molecule has 176 valence electrons. The van der Waals surface area contributed by atoms with Gasteiger partial charge in [-0.25, -0.2) is 0 Å². The van der Waals surface area contributed by atoms with Gasteiger partial charge in [-0.1, -0.05) is 58.7 Å². The molecular weight excluding hydrogens is 444 g/mol.